The molecule has 24 heavy (non-hydrogen) atoms. The summed E-state index contributed by atoms with van der Waals surface area (Å²) < 4.78 is 0. The average molecular weight is 332 g/mol. The molecule has 1 aliphatic heterocycles. The smallest absolute Gasteiger partial charge is 0.226 e. The zero-order chi connectivity index (χ0) is 17.5. The van der Waals surface area contributed by atoms with Gasteiger partial charge in [0, 0.05) is 18.0 Å². The molecule has 1 heterocycles. The number of aliphatic hydroxyl groups is 1. The van der Waals surface area contributed by atoms with Gasteiger partial charge in [-0.2, -0.15) is 0 Å². The highest BCUT2D eigenvalue weighted by molar-refractivity contribution is 5.83. The van der Waals surface area contributed by atoms with Crippen LogP contribution >= 0.6 is 0 Å². The number of para-hydroxylation sites is 1. The number of nitrogens with one attached hydrogen (secondary N) is 1. The number of hydrogen-bond acceptors (Lipinski definition) is 4. The van der Waals surface area contributed by atoms with E-state index in [-0.39, 0.29) is 49.5 Å². The summed E-state index contributed by atoms with van der Waals surface area (Å²) in [4.78, 5) is 25.8. The Hall–Kier alpha value is -2.08. The third-order valence-electron chi connectivity index (χ3n) is 5.35. The summed E-state index contributed by atoms with van der Waals surface area (Å²) in [6, 6.07) is 6.67. The number of rotatable bonds is 5. The molecule has 0 aromatic heterocycles. The molecule has 1 aromatic carbocycles. The number of phenols is 1. The van der Waals surface area contributed by atoms with Gasteiger partial charge in [0.15, 0.2) is 0 Å². The zero-order valence-electron chi connectivity index (χ0n) is 14.0. The Bertz CT molecular complexity index is 646. The number of carbonyl (C=O) groups excluding carboxylic acids is 2. The van der Waals surface area contributed by atoms with Crippen LogP contribution in [0, 0.1) is 17.8 Å². The van der Waals surface area contributed by atoms with Gasteiger partial charge in [-0.05, 0) is 17.9 Å². The summed E-state index contributed by atoms with van der Waals surface area (Å²) in [7, 11) is 0. The fraction of sp³-hybridized carbons (Fsp3) is 0.556. The lowest BCUT2D eigenvalue weighted by atomic mass is 9.93. The van der Waals surface area contributed by atoms with Crippen molar-refractivity contribution in [3.63, 3.8) is 0 Å². The van der Waals surface area contributed by atoms with E-state index < -0.39 is 5.60 Å². The lowest BCUT2D eigenvalue weighted by Crippen LogP contribution is -2.68. The number of likely N-dealkylation sites (tertiary alicyclic amines) is 1. The summed E-state index contributed by atoms with van der Waals surface area (Å²) in [5.41, 5.74) is -0.505. The Morgan fingerprint density at radius 2 is 1.88 bits per heavy atom. The van der Waals surface area contributed by atoms with Gasteiger partial charge in [0.2, 0.25) is 11.8 Å². The first-order valence-corrected chi connectivity index (χ1v) is 8.35. The number of phenolic OH excluding ortho intramolecular Hbond substituents is 1. The Morgan fingerprint density at radius 3 is 2.46 bits per heavy atom. The normalized spacial score (nSPS) is 27.3. The lowest BCUT2D eigenvalue weighted by Gasteiger charge is -2.46. The highest BCUT2D eigenvalue weighted by atomic mass is 16.3. The van der Waals surface area contributed by atoms with Crippen molar-refractivity contribution in [3.05, 3.63) is 29.8 Å². The van der Waals surface area contributed by atoms with Gasteiger partial charge >= 0.3 is 0 Å². The van der Waals surface area contributed by atoms with Gasteiger partial charge in [-0.25, -0.2) is 0 Å². The van der Waals surface area contributed by atoms with Crippen molar-refractivity contribution in [3.8, 4) is 5.75 Å². The molecule has 0 bridgehead atoms. The van der Waals surface area contributed by atoms with E-state index in [1.807, 2.05) is 0 Å². The maximum absolute atomic E-state index is 12.2. The minimum Gasteiger partial charge on any atom is -0.508 e. The molecule has 6 nitrogen and oxygen atoms in total. The molecule has 130 valence electrons. The predicted octanol–water partition coefficient (Wildman–Crippen LogP) is 0.526. The first-order chi connectivity index (χ1) is 11.3. The van der Waals surface area contributed by atoms with Crippen molar-refractivity contribution in [2.24, 2.45) is 17.8 Å². The summed E-state index contributed by atoms with van der Waals surface area (Å²) in [6.45, 7) is 4.77. The number of benzene rings is 1. The topological polar surface area (TPSA) is 89.9 Å². The highest BCUT2D eigenvalue weighted by Crippen LogP contribution is 2.47. The van der Waals surface area contributed by atoms with Crippen molar-refractivity contribution < 1.29 is 19.8 Å². The van der Waals surface area contributed by atoms with E-state index in [1.54, 1.807) is 23.1 Å². The third-order valence-corrected chi connectivity index (χ3v) is 5.35. The van der Waals surface area contributed by atoms with Crippen LogP contribution in [0.1, 0.15) is 19.4 Å². The number of hydrogen-bond donors (Lipinski definition) is 3. The maximum Gasteiger partial charge on any atom is 0.226 e. The minimum absolute atomic E-state index is 0.0580. The largest absolute Gasteiger partial charge is 0.508 e. The van der Waals surface area contributed by atoms with Crippen molar-refractivity contribution in [2.45, 2.75) is 25.9 Å². The number of carbonyl (C=O) groups is 2. The van der Waals surface area contributed by atoms with Gasteiger partial charge in [-0.1, -0.05) is 32.0 Å². The molecular weight excluding hydrogens is 308 g/mol. The van der Waals surface area contributed by atoms with Crippen LogP contribution in [-0.4, -0.2) is 52.2 Å². The van der Waals surface area contributed by atoms with E-state index in [9.17, 15) is 19.8 Å². The molecule has 1 saturated carbocycles. The quantitative estimate of drug-likeness (QED) is 0.733. The first-order valence-electron chi connectivity index (χ1n) is 8.35. The molecule has 1 aromatic rings. The second kappa shape index (κ2) is 6.09. The molecule has 2 fully saturated rings. The monoisotopic (exact) mass is 332 g/mol. The molecule has 2 aliphatic rings. The fourth-order valence-electron chi connectivity index (χ4n) is 3.41. The highest BCUT2D eigenvalue weighted by Gasteiger charge is 2.54. The molecular formula is C18H24N2O4. The van der Waals surface area contributed by atoms with Crippen LogP contribution in [0.2, 0.25) is 0 Å². The van der Waals surface area contributed by atoms with Gasteiger partial charge in [-0.15, -0.1) is 0 Å². The van der Waals surface area contributed by atoms with Crippen molar-refractivity contribution in [2.75, 3.05) is 19.6 Å². The summed E-state index contributed by atoms with van der Waals surface area (Å²) in [5, 5.41) is 22.7. The van der Waals surface area contributed by atoms with Crippen molar-refractivity contribution in [1.82, 2.24) is 10.2 Å². The standard InChI is InChI=1S/C18H24N2O4/c1-11-12(2)16(11)17(23)20-9-18(24,10-20)8-19-15(22)7-13-5-3-4-6-14(13)21/h3-6,11-12,16,21,24H,7-10H2,1-2H3,(H,19,22)/t11-,12-/m1/s1. The molecule has 0 radical (unpaired) electrons. The van der Waals surface area contributed by atoms with E-state index in [1.165, 1.54) is 6.07 Å². The minimum atomic E-state index is -1.05. The molecule has 0 unspecified atom stereocenters. The van der Waals surface area contributed by atoms with Gasteiger partial charge in [0.1, 0.15) is 11.4 Å². The van der Waals surface area contributed by atoms with E-state index in [0.717, 1.165) is 0 Å². The first kappa shape index (κ1) is 16.8. The molecule has 6 heteroatoms. The van der Waals surface area contributed by atoms with Crippen LogP contribution in [0.4, 0.5) is 0 Å². The summed E-state index contributed by atoms with van der Waals surface area (Å²) in [6.07, 6.45) is 0.0580. The fourth-order valence-corrected chi connectivity index (χ4v) is 3.41. The molecule has 0 spiro atoms. The van der Waals surface area contributed by atoms with Crippen LogP contribution in [0.15, 0.2) is 24.3 Å². The van der Waals surface area contributed by atoms with Gasteiger partial charge in [-0.3, -0.25) is 9.59 Å². The molecule has 3 rings (SSSR count). The van der Waals surface area contributed by atoms with Gasteiger partial charge < -0.3 is 20.4 Å². The number of β-amino-alcohol motifs (C(OH)–C–C–N with tert-alkyl or cyclic N) is 1. The van der Waals surface area contributed by atoms with E-state index in [4.69, 9.17) is 0 Å². The van der Waals surface area contributed by atoms with E-state index in [0.29, 0.717) is 17.4 Å². The Balaban J connectivity index is 1.43. The molecule has 2 atom stereocenters. The van der Waals surface area contributed by atoms with Crippen LogP contribution in [-0.2, 0) is 16.0 Å². The average Bonchev–Trinajstić information content (AvgIpc) is 3.11. The summed E-state index contributed by atoms with van der Waals surface area (Å²) >= 11 is 0. The van der Waals surface area contributed by atoms with Crippen LogP contribution < -0.4 is 5.32 Å². The van der Waals surface area contributed by atoms with Crippen LogP contribution in [0.3, 0.4) is 0 Å². The second-order valence-corrected chi connectivity index (χ2v) is 7.24. The van der Waals surface area contributed by atoms with Crippen LogP contribution in [0.5, 0.6) is 5.75 Å². The Labute approximate surface area is 141 Å². The van der Waals surface area contributed by atoms with E-state index >= 15 is 0 Å². The van der Waals surface area contributed by atoms with Crippen molar-refractivity contribution >= 4 is 11.8 Å². The Morgan fingerprint density at radius 1 is 1.25 bits per heavy atom. The number of aromatic hydroxyl groups is 1. The SMILES string of the molecule is C[C@H]1C(C(=O)N2CC(O)(CNC(=O)Cc3ccccc3O)C2)[C@@H]1C. The number of amides is 2. The summed E-state index contributed by atoms with van der Waals surface area (Å²) in [5.74, 6) is 0.859. The maximum atomic E-state index is 12.2. The third kappa shape index (κ3) is 3.24. The Kier molecular flexibility index (Phi) is 4.25. The second-order valence-electron chi connectivity index (χ2n) is 7.24. The van der Waals surface area contributed by atoms with Gasteiger partial charge in [0.05, 0.1) is 19.5 Å². The molecule has 1 saturated heterocycles. The van der Waals surface area contributed by atoms with Crippen molar-refractivity contribution in [1.29, 1.82) is 0 Å². The molecule has 1 aliphatic carbocycles. The zero-order valence-corrected chi connectivity index (χ0v) is 14.0. The van der Waals surface area contributed by atoms with Crippen LogP contribution in [0.25, 0.3) is 0 Å². The predicted molar refractivity (Wildman–Crippen MR) is 88.2 cm³/mol. The molecule has 3 N–H and O–H groups in total. The molecule has 2 amide bonds. The lowest BCUT2D eigenvalue weighted by molar-refractivity contribution is -0.157. The number of nitrogens with zero attached hydrogens (tertiary/aromatic N) is 1. The van der Waals surface area contributed by atoms with Gasteiger partial charge in [0.25, 0.3) is 0 Å². The van der Waals surface area contributed by atoms with E-state index in [2.05, 4.69) is 19.2 Å².